The van der Waals surface area contributed by atoms with E-state index in [1.54, 1.807) is 0 Å². The Kier molecular flexibility index (Phi) is 19.2. The molecule has 1 aromatic heterocycles. The highest BCUT2D eigenvalue weighted by molar-refractivity contribution is 7.80. The summed E-state index contributed by atoms with van der Waals surface area (Å²) in [6, 6.07) is 0.0771. The van der Waals surface area contributed by atoms with Crippen molar-refractivity contribution in [3.63, 3.8) is 0 Å². The summed E-state index contributed by atoms with van der Waals surface area (Å²) in [5, 5.41) is 9.15. The monoisotopic (exact) mass is 853 g/mol. The van der Waals surface area contributed by atoms with Crippen LogP contribution in [0.3, 0.4) is 0 Å². The van der Waals surface area contributed by atoms with Crippen LogP contribution in [-0.4, -0.2) is 133 Å². The van der Waals surface area contributed by atoms with E-state index in [4.69, 9.17) is 49.9 Å². The lowest BCUT2D eigenvalue weighted by Gasteiger charge is -2.44. The molecule has 2 aliphatic rings. The lowest BCUT2D eigenvalue weighted by molar-refractivity contribution is -0.277. The molecule has 0 aromatic carbocycles. The number of esters is 3. The van der Waals surface area contributed by atoms with E-state index in [0.29, 0.717) is 43.9 Å². The van der Waals surface area contributed by atoms with Gasteiger partial charge in [-0.2, -0.15) is 0 Å². The topological polar surface area (TPSA) is 280 Å². The molecule has 3 rings (SSSR count). The highest BCUT2D eigenvalue weighted by atomic mass is 32.1. The number of methoxy groups -OCH3 is 1. The van der Waals surface area contributed by atoms with Crippen molar-refractivity contribution < 1.29 is 70.8 Å². The average Bonchev–Trinajstić information content (AvgIpc) is 3.44. The molecule has 5 N–H and O–H groups in total. The summed E-state index contributed by atoms with van der Waals surface area (Å²) in [6.45, 7) is 5.26. The van der Waals surface area contributed by atoms with Gasteiger partial charge in [0.25, 0.3) is 5.56 Å². The third-order valence-electron chi connectivity index (χ3n) is 8.62. The van der Waals surface area contributed by atoms with Crippen LogP contribution in [-0.2, 0) is 65.9 Å². The molecule has 0 spiro atoms. The van der Waals surface area contributed by atoms with E-state index in [1.165, 1.54) is 31.7 Å². The maximum Gasteiger partial charge on any atom is 0.472 e. The zero-order chi connectivity index (χ0) is 42.3. The van der Waals surface area contributed by atoms with Gasteiger partial charge in [-0.15, -0.1) is 0 Å². The number of phosphoric acid groups is 1. The molecule has 1 amide bonds. The average molecular weight is 854 g/mol. The molecule has 0 aliphatic carbocycles. The van der Waals surface area contributed by atoms with Crippen LogP contribution in [0.4, 0.5) is 0 Å². The standard InChI is InChI=1S/C33H52N5O17PS/c1-18(39)36-26-29(52-21(4)42)28(51-20(3)41)24(17-50-19(2)40)54-31(26)49-15-8-7-12-34-32(57)35-13-9-10-22-27(55-56(45,46)48-6)23(16-47-5)53-30(22)38-14-11-25(43)37-33(38)44/h11,14,22-24,26-31H,7-10,12-13,15-17H2,1-6H3,(H,36,39)(H,45,46)(H2,34,35,57)(H,37,43,44)/t22?,23-,24-,26-,27-,28+,29-,30-,31-/m1/s1. The van der Waals surface area contributed by atoms with Gasteiger partial charge in [0.1, 0.15) is 37.2 Å². The second-order valence-corrected chi connectivity index (χ2v) is 15.0. The van der Waals surface area contributed by atoms with Crippen molar-refractivity contribution in [1.29, 1.82) is 0 Å². The Morgan fingerprint density at radius 3 is 2.16 bits per heavy atom. The normalized spacial score (nSPS) is 26.8. The van der Waals surface area contributed by atoms with E-state index < -0.39 is 97.9 Å². The molecular weight excluding hydrogens is 801 g/mol. The highest BCUT2D eigenvalue weighted by Crippen LogP contribution is 2.50. The number of unbranched alkanes of at least 4 members (excludes halogenated alkanes) is 1. The lowest BCUT2D eigenvalue weighted by Crippen LogP contribution is -2.66. The van der Waals surface area contributed by atoms with Crippen molar-refractivity contribution in [1.82, 2.24) is 25.5 Å². The Hall–Kier alpha value is -3.80. The minimum atomic E-state index is -4.49. The maximum absolute atomic E-state index is 12.7. The predicted octanol–water partition coefficient (Wildman–Crippen LogP) is -0.474. The zero-order valence-electron chi connectivity index (χ0n) is 32.5. The van der Waals surface area contributed by atoms with Gasteiger partial charge in [0, 0.05) is 79.8 Å². The third kappa shape index (κ3) is 15.1. The van der Waals surface area contributed by atoms with E-state index in [0.717, 1.165) is 27.0 Å². The molecule has 2 aliphatic heterocycles. The van der Waals surface area contributed by atoms with Crippen molar-refractivity contribution in [3.8, 4) is 0 Å². The number of carbonyl (C=O) groups is 4. The Bertz CT molecular complexity index is 1700. The van der Waals surface area contributed by atoms with Gasteiger partial charge in [-0.05, 0) is 37.9 Å². The number of rotatable bonds is 21. The SMILES string of the molecule is COC[C@H]1O[C@@H](n2ccc(=O)[nH]c2=O)C(CCCNC(=S)NCCCCO[C@@H]2O[C@H](COC(C)=O)[C@H](OC(C)=O)[C@H](OC(C)=O)[C@H]2NC(C)=O)[C@H]1OP(=O)(O)OC. The zero-order valence-corrected chi connectivity index (χ0v) is 34.2. The number of nitrogens with one attached hydrogen (secondary N) is 4. The van der Waals surface area contributed by atoms with Crippen LogP contribution in [0.25, 0.3) is 0 Å². The van der Waals surface area contributed by atoms with Crippen molar-refractivity contribution >= 4 is 49.0 Å². The molecule has 0 bridgehead atoms. The fourth-order valence-corrected chi connectivity index (χ4v) is 7.20. The first-order chi connectivity index (χ1) is 27.0. The quantitative estimate of drug-likeness (QED) is 0.0343. The molecule has 2 fully saturated rings. The van der Waals surface area contributed by atoms with Crippen molar-refractivity contribution in [2.45, 2.75) is 102 Å². The van der Waals surface area contributed by atoms with Crippen LogP contribution in [0.1, 0.15) is 59.6 Å². The van der Waals surface area contributed by atoms with Gasteiger partial charge in [-0.1, -0.05) is 0 Å². The first-order valence-corrected chi connectivity index (χ1v) is 19.9. The summed E-state index contributed by atoms with van der Waals surface area (Å²) in [5.41, 5.74) is -1.34. The van der Waals surface area contributed by atoms with Crippen LogP contribution in [0.15, 0.2) is 21.9 Å². The van der Waals surface area contributed by atoms with E-state index in [2.05, 4.69) is 25.5 Å². The van der Waals surface area contributed by atoms with Crippen molar-refractivity contribution in [2.75, 3.05) is 47.1 Å². The molecule has 0 saturated carbocycles. The predicted molar refractivity (Wildman–Crippen MR) is 199 cm³/mol. The number of aromatic amines is 1. The first-order valence-electron chi connectivity index (χ1n) is 18.0. The van der Waals surface area contributed by atoms with Gasteiger partial charge in [0.15, 0.2) is 23.6 Å². The molecular formula is C33H52N5O17PS. The number of hydrogen-bond donors (Lipinski definition) is 5. The Morgan fingerprint density at radius 1 is 0.912 bits per heavy atom. The Balaban J connectivity index is 1.55. The molecule has 2 unspecified atom stereocenters. The number of nitrogens with zero attached hydrogens (tertiary/aromatic N) is 1. The van der Waals surface area contributed by atoms with E-state index in [9.17, 15) is 38.2 Å². The summed E-state index contributed by atoms with van der Waals surface area (Å²) >= 11 is 5.42. The molecule has 22 nitrogen and oxygen atoms in total. The van der Waals surface area contributed by atoms with Gasteiger partial charge in [-0.3, -0.25) is 42.6 Å². The summed E-state index contributed by atoms with van der Waals surface area (Å²) < 4.78 is 62.9. The molecule has 0 radical (unpaired) electrons. The van der Waals surface area contributed by atoms with E-state index >= 15 is 0 Å². The first kappa shape index (κ1) is 47.6. The molecule has 322 valence electrons. The molecule has 24 heteroatoms. The molecule has 57 heavy (non-hydrogen) atoms. The number of H-pyrrole nitrogens is 1. The van der Waals surface area contributed by atoms with Crippen molar-refractivity contribution in [3.05, 3.63) is 33.1 Å². The number of amides is 1. The molecule has 1 aromatic rings. The number of thiocarbonyl (C=S) groups is 1. The van der Waals surface area contributed by atoms with Gasteiger partial charge in [-0.25, -0.2) is 9.36 Å². The molecule has 10 atom stereocenters. The number of carbonyl (C=O) groups excluding carboxylic acids is 4. The summed E-state index contributed by atoms with van der Waals surface area (Å²) in [4.78, 5) is 84.4. The van der Waals surface area contributed by atoms with Gasteiger partial charge < -0.3 is 54.0 Å². The smallest absolute Gasteiger partial charge is 0.463 e. The number of hydrogen-bond acceptors (Lipinski definition) is 17. The van der Waals surface area contributed by atoms with E-state index in [1.807, 2.05) is 0 Å². The van der Waals surface area contributed by atoms with Gasteiger partial charge in [0.2, 0.25) is 5.91 Å². The lowest BCUT2D eigenvalue weighted by atomic mass is 9.94. The largest absolute Gasteiger partial charge is 0.472 e. The fourth-order valence-electron chi connectivity index (χ4n) is 6.31. The molecule has 2 saturated heterocycles. The second kappa shape index (κ2) is 23.0. The van der Waals surface area contributed by atoms with Gasteiger partial charge >= 0.3 is 31.4 Å². The van der Waals surface area contributed by atoms with Crippen molar-refractivity contribution in [2.24, 2.45) is 5.92 Å². The van der Waals surface area contributed by atoms with Gasteiger partial charge in [0.05, 0.1) is 6.61 Å². The van der Waals surface area contributed by atoms with Crippen LogP contribution >= 0.6 is 20.0 Å². The summed E-state index contributed by atoms with van der Waals surface area (Å²) in [7, 11) is -2.05. The maximum atomic E-state index is 12.7. The summed E-state index contributed by atoms with van der Waals surface area (Å²) in [6.07, 6.45) is -4.49. The van der Waals surface area contributed by atoms with Crippen LogP contribution < -0.4 is 27.2 Å². The third-order valence-corrected chi connectivity index (χ3v) is 9.88. The molecule has 3 heterocycles. The summed E-state index contributed by atoms with van der Waals surface area (Å²) in [5.74, 6) is -3.21. The van der Waals surface area contributed by atoms with E-state index in [-0.39, 0.29) is 19.8 Å². The number of ether oxygens (including phenoxy) is 7. The number of phosphoric ester groups is 1. The second-order valence-electron chi connectivity index (χ2n) is 13.0. The highest BCUT2D eigenvalue weighted by Gasteiger charge is 2.52. The number of aromatic nitrogens is 2. The van der Waals surface area contributed by atoms with Crippen LogP contribution in [0.2, 0.25) is 0 Å². The van der Waals surface area contributed by atoms with Crippen LogP contribution in [0, 0.1) is 5.92 Å². The Labute approximate surface area is 333 Å². The van der Waals surface area contributed by atoms with Crippen LogP contribution in [0.5, 0.6) is 0 Å². The Morgan fingerprint density at radius 2 is 1.56 bits per heavy atom. The fraction of sp³-hybridized carbons (Fsp3) is 0.727. The minimum absolute atomic E-state index is 0.0255. The minimum Gasteiger partial charge on any atom is -0.463 e.